The molecule has 0 unspecified atom stereocenters. The Bertz CT molecular complexity index is 442. The van der Waals surface area contributed by atoms with Crippen molar-refractivity contribution < 1.29 is 14.3 Å². The Kier molecular flexibility index (Phi) is 6.52. The quantitative estimate of drug-likeness (QED) is 0.782. The van der Waals surface area contributed by atoms with E-state index < -0.39 is 5.91 Å². The minimum Gasteiger partial charge on any atom is -0.493 e. The van der Waals surface area contributed by atoms with Crippen molar-refractivity contribution in [2.75, 3.05) is 14.2 Å². The Morgan fingerprint density at radius 1 is 1.33 bits per heavy atom. The van der Waals surface area contributed by atoms with Crippen molar-refractivity contribution in [3.8, 4) is 11.5 Å². The lowest BCUT2D eigenvalue weighted by molar-refractivity contribution is -0.113. The number of carbonyl (C=O) groups excluding carboxylic acids is 1. The summed E-state index contributed by atoms with van der Waals surface area (Å²) in [6.45, 7) is 2.01. The van der Waals surface area contributed by atoms with Crippen molar-refractivity contribution in [1.82, 2.24) is 6.15 Å². The Balaban J connectivity index is 0.00000289. The molecule has 5 heteroatoms. The van der Waals surface area contributed by atoms with Crippen LogP contribution in [0.25, 0.3) is 6.08 Å². The van der Waals surface area contributed by atoms with Crippen molar-refractivity contribution in [1.29, 1.82) is 0 Å². The molecule has 0 fully saturated rings. The molecule has 1 aromatic rings. The highest BCUT2D eigenvalue weighted by Gasteiger charge is 2.11. The van der Waals surface area contributed by atoms with Gasteiger partial charge in [0.15, 0.2) is 11.5 Å². The fourth-order valence-electron chi connectivity index (χ4n) is 1.70. The first-order valence-electron chi connectivity index (χ1n) is 5.35. The molecule has 0 aliphatic heterocycles. The standard InChI is InChI=1S/C13H17NO3.H3N/c1-4-10-9(6-8-12(14)15)5-7-11(16-2)13(10)17-3;/h5-8H,4H2,1-3H3,(H2,14,15);1H3. The molecular formula is C13H20N2O3. The second kappa shape index (κ2) is 7.34. The predicted molar refractivity (Wildman–Crippen MR) is 72.2 cm³/mol. The second-order valence-corrected chi connectivity index (χ2v) is 3.46. The number of hydrogen-bond acceptors (Lipinski definition) is 4. The van der Waals surface area contributed by atoms with Crippen LogP contribution in [0.15, 0.2) is 18.2 Å². The fraction of sp³-hybridized carbons (Fsp3) is 0.308. The molecule has 5 nitrogen and oxygen atoms in total. The van der Waals surface area contributed by atoms with Crippen molar-refractivity contribution in [3.05, 3.63) is 29.3 Å². The van der Waals surface area contributed by atoms with Crippen LogP contribution in [0.2, 0.25) is 0 Å². The first-order valence-corrected chi connectivity index (χ1v) is 5.35. The third-order valence-corrected chi connectivity index (χ3v) is 2.47. The molecule has 5 N–H and O–H groups in total. The molecule has 0 saturated carbocycles. The van der Waals surface area contributed by atoms with Gasteiger partial charge in [-0.05, 0) is 24.1 Å². The van der Waals surface area contributed by atoms with Gasteiger partial charge in [-0.2, -0.15) is 0 Å². The van der Waals surface area contributed by atoms with E-state index in [-0.39, 0.29) is 6.15 Å². The molecule has 100 valence electrons. The van der Waals surface area contributed by atoms with Crippen LogP contribution in [0.4, 0.5) is 0 Å². The molecule has 0 atom stereocenters. The van der Waals surface area contributed by atoms with Gasteiger partial charge in [0, 0.05) is 11.6 Å². The highest BCUT2D eigenvalue weighted by Crippen LogP contribution is 2.34. The summed E-state index contributed by atoms with van der Waals surface area (Å²) < 4.78 is 10.5. The van der Waals surface area contributed by atoms with Gasteiger partial charge in [0.2, 0.25) is 5.91 Å². The number of nitrogens with two attached hydrogens (primary N) is 1. The van der Waals surface area contributed by atoms with Gasteiger partial charge < -0.3 is 21.4 Å². The zero-order valence-corrected chi connectivity index (χ0v) is 11.0. The van der Waals surface area contributed by atoms with Gasteiger partial charge in [0.05, 0.1) is 14.2 Å². The largest absolute Gasteiger partial charge is 0.493 e. The topological polar surface area (TPSA) is 96.6 Å². The lowest BCUT2D eigenvalue weighted by Gasteiger charge is -2.14. The molecule has 0 radical (unpaired) electrons. The maximum Gasteiger partial charge on any atom is 0.241 e. The molecule has 0 bridgehead atoms. The summed E-state index contributed by atoms with van der Waals surface area (Å²) in [6, 6.07) is 3.68. The third kappa shape index (κ3) is 3.49. The zero-order chi connectivity index (χ0) is 12.8. The van der Waals surface area contributed by atoms with Crippen LogP contribution >= 0.6 is 0 Å². The molecule has 18 heavy (non-hydrogen) atoms. The van der Waals surface area contributed by atoms with Crippen LogP contribution in [-0.2, 0) is 11.2 Å². The van der Waals surface area contributed by atoms with Crippen LogP contribution in [-0.4, -0.2) is 20.1 Å². The lowest BCUT2D eigenvalue weighted by Crippen LogP contribution is -2.05. The molecule has 0 aliphatic carbocycles. The molecule has 0 heterocycles. The average molecular weight is 252 g/mol. The molecule has 0 aromatic heterocycles. The first kappa shape index (κ1) is 16.0. The summed E-state index contributed by atoms with van der Waals surface area (Å²) in [6.07, 6.45) is 3.79. The monoisotopic (exact) mass is 252 g/mol. The van der Waals surface area contributed by atoms with Crippen molar-refractivity contribution in [2.45, 2.75) is 13.3 Å². The van der Waals surface area contributed by atoms with Crippen LogP contribution in [0.3, 0.4) is 0 Å². The maximum atomic E-state index is 10.7. The highest BCUT2D eigenvalue weighted by molar-refractivity contribution is 5.90. The maximum absolute atomic E-state index is 10.7. The van der Waals surface area contributed by atoms with Crippen LogP contribution in [0, 0.1) is 0 Å². The van der Waals surface area contributed by atoms with Gasteiger partial charge in [0.1, 0.15) is 0 Å². The number of hydrogen-bond donors (Lipinski definition) is 2. The summed E-state index contributed by atoms with van der Waals surface area (Å²) in [5.41, 5.74) is 6.97. The molecule has 1 rings (SSSR count). The van der Waals surface area contributed by atoms with Gasteiger partial charge >= 0.3 is 0 Å². The number of benzene rings is 1. The highest BCUT2D eigenvalue weighted by atomic mass is 16.5. The van der Waals surface area contributed by atoms with Crippen LogP contribution < -0.4 is 21.4 Å². The van der Waals surface area contributed by atoms with Crippen molar-refractivity contribution >= 4 is 12.0 Å². The molecule has 0 saturated heterocycles. The minimum atomic E-state index is -0.471. The number of ether oxygens (including phenoxy) is 2. The van der Waals surface area contributed by atoms with E-state index in [1.54, 1.807) is 26.4 Å². The Labute approximate surface area is 107 Å². The van der Waals surface area contributed by atoms with Crippen LogP contribution in [0.5, 0.6) is 11.5 Å². The van der Waals surface area contributed by atoms with E-state index in [1.165, 1.54) is 6.08 Å². The summed E-state index contributed by atoms with van der Waals surface area (Å²) in [5.74, 6) is 0.907. The minimum absolute atomic E-state index is 0. The lowest BCUT2D eigenvalue weighted by atomic mass is 10.0. The average Bonchev–Trinajstić information content (AvgIpc) is 2.34. The van der Waals surface area contributed by atoms with E-state index in [1.807, 2.05) is 13.0 Å². The molecule has 0 spiro atoms. The number of primary amides is 1. The SMILES string of the molecule is CCc1c(C=CC(N)=O)ccc(OC)c1OC.N. The zero-order valence-electron chi connectivity index (χ0n) is 11.0. The number of rotatable bonds is 5. The Morgan fingerprint density at radius 3 is 2.44 bits per heavy atom. The Morgan fingerprint density at radius 2 is 2.00 bits per heavy atom. The van der Waals surface area contributed by atoms with Crippen molar-refractivity contribution in [3.63, 3.8) is 0 Å². The summed E-state index contributed by atoms with van der Waals surface area (Å²) in [5, 5.41) is 0. The second-order valence-electron chi connectivity index (χ2n) is 3.46. The van der Waals surface area contributed by atoms with E-state index in [0.29, 0.717) is 11.5 Å². The molecule has 1 amide bonds. The normalized spacial score (nSPS) is 9.94. The number of carbonyl (C=O) groups is 1. The number of amides is 1. The van der Waals surface area contributed by atoms with Gasteiger partial charge in [-0.1, -0.05) is 13.0 Å². The van der Waals surface area contributed by atoms with Gasteiger partial charge in [-0.25, -0.2) is 0 Å². The molecule has 0 aliphatic rings. The molecule has 1 aromatic carbocycles. The number of methoxy groups -OCH3 is 2. The fourth-order valence-corrected chi connectivity index (χ4v) is 1.70. The third-order valence-electron chi connectivity index (χ3n) is 2.47. The van der Waals surface area contributed by atoms with E-state index in [0.717, 1.165) is 17.5 Å². The first-order chi connectivity index (χ1) is 8.13. The van der Waals surface area contributed by atoms with Gasteiger partial charge in [-0.15, -0.1) is 0 Å². The smallest absolute Gasteiger partial charge is 0.241 e. The van der Waals surface area contributed by atoms with E-state index in [4.69, 9.17) is 15.2 Å². The summed E-state index contributed by atoms with van der Waals surface area (Å²) >= 11 is 0. The van der Waals surface area contributed by atoms with E-state index >= 15 is 0 Å². The van der Waals surface area contributed by atoms with E-state index in [9.17, 15) is 4.79 Å². The Hall–Kier alpha value is -2.01. The summed E-state index contributed by atoms with van der Waals surface area (Å²) in [4.78, 5) is 10.7. The van der Waals surface area contributed by atoms with Crippen molar-refractivity contribution in [2.24, 2.45) is 5.73 Å². The predicted octanol–water partition coefficient (Wildman–Crippen LogP) is 1.93. The van der Waals surface area contributed by atoms with Crippen LogP contribution in [0.1, 0.15) is 18.1 Å². The summed E-state index contributed by atoms with van der Waals surface area (Å²) in [7, 11) is 3.19. The van der Waals surface area contributed by atoms with Gasteiger partial charge in [0.25, 0.3) is 0 Å². The molecular weight excluding hydrogens is 232 g/mol. The van der Waals surface area contributed by atoms with Gasteiger partial charge in [-0.3, -0.25) is 4.79 Å². The van der Waals surface area contributed by atoms with E-state index in [2.05, 4.69) is 0 Å².